The van der Waals surface area contributed by atoms with Gasteiger partial charge in [0, 0.05) is 38.0 Å². The number of benzene rings is 2. The smallest absolute Gasteiger partial charge is 0.266 e. The molecule has 7 nitrogen and oxygen atoms in total. The van der Waals surface area contributed by atoms with Crippen LogP contribution in [0.4, 0.5) is 0 Å². The molecule has 10 heteroatoms. The standard InChI is InChI=1S/C27H30N4O3S3/c1-4-5-6-10-16-30-26(32)24(36-27(30)35)18-21-19-31(22-13-8-7-9-14-22)28-25(21)20-12-11-15-23(17-20)37(33,34)29(2)3/h7-9,11-15,17-19H,4-6,10,16H2,1-3H3/b24-18-. The fraction of sp³-hybridized carbons (Fsp3) is 0.296. The van der Waals surface area contributed by atoms with Crippen LogP contribution in [0.15, 0.2) is 70.6 Å². The van der Waals surface area contributed by atoms with Crippen molar-refractivity contribution in [2.24, 2.45) is 0 Å². The Morgan fingerprint density at radius 1 is 1.05 bits per heavy atom. The molecule has 0 N–H and O–H groups in total. The Balaban J connectivity index is 1.75. The Bertz CT molecular complexity index is 1430. The van der Waals surface area contributed by atoms with E-state index in [4.69, 9.17) is 17.3 Å². The third-order valence-electron chi connectivity index (χ3n) is 6.04. The van der Waals surface area contributed by atoms with E-state index in [1.165, 1.54) is 30.2 Å². The van der Waals surface area contributed by atoms with Crippen molar-refractivity contribution in [1.82, 2.24) is 19.0 Å². The van der Waals surface area contributed by atoms with Crippen LogP contribution in [-0.2, 0) is 14.8 Å². The van der Waals surface area contributed by atoms with Crippen LogP contribution in [-0.4, -0.2) is 58.3 Å². The van der Waals surface area contributed by atoms with Gasteiger partial charge in [0.2, 0.25) is 10.0 Å². The van der Waals surface area contributed by atoms with Gasteiger partial charge in [-0.25, -0.2) is 17.4 Å². The molecule has 1 aliphatic heterocycles. The summed E-state index contributed by atoms with van der Waals surface area (Å²) in [7, 11) is -0.620. The summed E-state index contributed by atoms with van der Waals surface area (Å²) in [6.45, 7) is 2.77. The van der Waals surface area contributed by atoms with Gasteiger partial charge >= 0.3 is 0 Å². The van der Waals surface area contributed by atoms with Crippen LogP contribution in [0.1, 0.15) is 38.2 Å². The Morgan fingerprint density at radius 3 is 2.51 bits per heavy atom. The second-order valence-corrected chi connectivity index (χ2v) is 12.8. The van der Waals surface area contributed by atoms with Crippen molar-refractivity contribution in [2.45, 2.75) is 37.5 Å². The predicted octanol–water partition coefficient (Wildman–Crippen LogP) is 5.57. The number of hydrogen-bond acceptors (Lipinski definition) is 6. The number of para-hydroxylation sites is 1. The van der Waals surface area contributed by atoms with E-state index < -0.39 is 10.0 Å². The highest BCUT2D eigenvalue weighted by atomic mass is 32.2. The summed E-state index contributed by atoms with van der Waals surface area (Å²) in [6, 6.07) is 16.3. The first-order valence-electron chi connectivity index (χ1n) is 12.2. The van der Waals surface area contributed by atoms with Crippen molar-refractivity contribution in [3.8, 4) is 16.9 Å². The van der Waals surface area contributed by atoms with Crippen molar-refractivity contribution < 1.29 is 13.2 Å². The lowest BCUT2D eigenvalue weighted by Gasteiger charge is -2.13. The number of carbonyl (C=O) groups is 1. The Hall–Kier alpha value is -2.79. The number of hydrogen-bond donors (Lipinski definition) is 0. The van der Waals surface area contributed by atoms with Gasteiger partial charge in [-0.2, -0.15) is 5.10 Å². The maximum absolute atomic E-state index is 13.2. The molecule has 1 saturated heterocycles. The van der Waals surface area contributed by atoms with Gasteiger partial charge in [-0.1, -0.05) is 80.5 Å². The minimum atomic E-state index is -3.62. The molecule has 0 aliphatic carbocycles. The third-order valence-corrected chi connectivity index (χ3v) is 9.23. The Morgan fingerprint density at radius 2 is 1.81 bits per heavy atom. The molecule has 0 atom stereocenters. The first kappa shape index (κ1) is 27.3. The molecule has 3 aromatic rings. The van der Waals surface area contributed by atoms with Gasteiger partial charge in [-0.3, -0.25) is 9.69 Å². The van der Waals surface area contributed by atoms with Crippen LogP contribution >= 0.6 is 24.0 Å². The molecule has 1 aliphatic rings. The molecule has 37 heavy (non-hydrogen) atoms. The number of sulfonamides is 1. The molecule has 1 aromatic heterocycles. The zero-order chi connectivity index (χ0) is 26.6. The summed E-state index contributed by atoms with van der Waals surface area (Å²) in [5.41, 5.74) is 2.77. The van der Waals surface area contributed by atoms with Crippen molar-refractivity contribution >= 4 is 50.3 Å². The fourth-order valence-corrected chi connectivity index (χ4v) is 6.22. The minimum absolute atomic E-state index is 0.103. The van der Waals surface area contributed by atoms with Crippen molar-refractivity contribution in [1.29, 1.82) is 0 Å². The van der Waals surface area contributed by atoms with Crippen LogP contribution in [0.2, 0.25) is 0 Å². The average molecular weight is 555 g/mol. The second-order valence-electron chi connectivity index (χ2n) is 8.92. The number of thioether (sulfide) groups is 1. The van der Waals surface area contributed by atoms with Gasteiger partial charge in [0.25, 0.3) is 5.91 Å². The van der Waals surface area contributed by atoms with Gasteiger partial charge in [0.15, 0.2) is 0 Å². The molecule has 0 bridgehead atoms. The highest BCUT2D eigenvalue weighted by Crippen LogP contribution is 2.35. The number of nitrogens with zero attached hydrogens (tertiary/aromatic N) is 4. The lowest BCUT2D eigenvalue weighted by atomic mass is 10.1. The molecule has 4 rings (SSSR count). The molecule has 0 spiro atoms. The van der Waals surface area contributed by atoms with E-state index in [1.54, 1.807) is 33.9 Å². The fourth-order valence-electron chi connectivity index (χ4n) is 3.98. The average Bonchev–Trinajstić information content (AvgIpc) is 3.43. The molecular formula is C27H30N4O3S3. The van der Waals surface area contributed by atoms with E-state index in [1.807, 2.05) is 42.6 Å². The van der Waals surface area contributed by atoms with Gasteiger partial charge < -0.3 is 0 Å². The quantitative estimate of drug-likeness (QED) is 0.185. The van der Waals surface area contributed by atoms with Gasteiger partial charge in [0.05, 0.1) is 15.5 Å². The SMILES string of the molecule is CCCCCCN1C(=O)/C(=C/c2cn(-c3ccccc3)nc2-c2cccc(S(=O)(=O)N(C)C)c2)SC1=S. The summed E-state index contributed by atoms with van der Waals surface area (Å²) in [4.78, 5) is 15.6. The maximum atomic E-state index is 13.2. The van der Waals surface area contributed by atoms with Gasteiger partial charge in [-0.05, 0) is 36.8 Å². The second kappa shape index (κ2) is 11.7. The molecule has 2 heterocycles. The van der Waals surface area contributed by atoms with E-state index in [0.717, 1.165) is 31.4 Å². The zero-order valence-corrected chi connectivity index (χ0v) is 23.6. The molecular weight excluding hydrogens is 525 g/mol. The van der Waals surface area contributed by atoms with E-state index in [0.29, 0.717) is 32.6 Å². The van der Waals surface area contributed by atoms with Crippen LogP contribution in [0.25, 0.3) is 23.0 Å². The van der Waals surface area contributed by atoms with Crippen LogP contribution in [0, 0.1) is 0 Å². The molecule has 0 radical (unpaired) electrons. The monoisotopic (exact) mass is 554 g/mol. The maximum Gasteiger partial charge on any atom is 0.266 e. The van der Waals surface area contributed by atoms with E-state index in [-0.39, 0.29) is 10.8 Å². The predicted molar refractivity (Wildman–Crippen MR) is 154 cm³/mol. The first-order chi connectivity index (χ1) is 17.7. The number of carbonyl (C=O) groups excluding carboxylic acids is 1. The van der Waals surface area contributed by atoms with Gasteiger partial charge in [-0.15, -0.1) is 0 Å². The van der Waals surface area contributed by atoms with Crippen LogP contribution in [0.5, 0.6) is 0 Å². The number of unbranched alkanes of at least 4 members (excludes halogenated alkanes) is 3. The molecule has 1 amide bonds. The Kier molecular flexibility index (Phi) is 8.63. The lowest BCUT2D eigenvalue weighted by Crippen LogP contribution is -2.29. The lowest BCUT2D eigenvalue weighted by molar-refractivity contribution is -0.122. The van der Waals surface area contributed by atoms with Crippen molar-refractivity contribution in [3.05, 3.63) is 71.3 Å². The summed E-state index contributed by atoms with van der Waals surface area (Å²) < 4.78 is 29.0. The molecule has 194 valence electrons. The molecule has 1 fully saturated rings. The third kappa shape index (κ3) is 6.04. The van der Waals surface area contributed by atoms with Crippen LogP contribution in [0.3, 0.4) is 0 Å². The molecule has 0 unspecified atom stereocenters. The zero-order valence-electron chi connectivity index (χ0n) is 21.1. The van der Waals surface area contributed by atoms with Crippen molar-refractivity contribution in [3.63, 3.8) is 0 Å². The van der Waals surface area contributed by atoms with Gasteiger partial charge in [0.1, 0.15) is 10.0 Å². The normalized spacial score (nSPS) is 15.4. The van der Waals surface area contributed by atoms with E-state index in [9.17, 15) is 13.2 Å². The van der Waals surface area contributed by atoms with Crippen LogP contribution < -0.4 is 0 Å². The molecule has 0 saturated carbocycles. The highest BCUT2D eigenvalue weighted by molar-refractivity contribution is 8.26. The summed E-state index contributed by atoms with van der Waals surface area (Å²) in [5.74, 6) is -0.103. The Labute approximate surface area is 228 Å². The van der Waals surface area contributed by atoms with E-state index in [2.05, 4.69) is 6.92 Å². The minimum Gasteiger partial charge on any atom is -0.293 e. The summed E-state index contributed by atoms with van der Waals surface area (Å²) in [5, 5.41) is 4.79. The summed E-state index contributed by atoms with van der Waals surface area (Å²) >= 11 is 6.80. The first-order valence-corrected chi connectivity index (χ1v) is 14.8. The summed E-state index contributed by atoms with van der Waals surface area (Å²) in [6.07, 6.45) is 7.90. The largest absolute Gasteiger partial charge is 0.293 e. The van der Waals surface area contributed by atoms with E-state index >= 15 is 0 Å². The number of thiocarbonyl (C=S) groups is 1. The topological polar surface area (TPSA) is 75.5 Å². The number of aromatic nitrogens is 2. The molecule has 2 aromatic carbocycles. The highest BCUT2D eigenvalue weighted by Gasteiger charge is 2.32. The number of amides is 1. The number of rotatable bonds is 10. The van der Waals surface area contributed by atoms with Crippen molar-refractivity contribution in [2.75, 3.05) is 20.6 Å².